The number of thiazole rings is 1. The number of carbonyl (C=O) groups excluding carboxylic acids is 2. The maximum absolute atomic E-state index is 13.7. The largest absolute Gasteiger partial charge is 0.451 e. The summed E-state index contributed by atoms with van der Waals surface area (Å²) in [7, 11) is 0. The summed E-state index contributed by atoms with van der Waals surface area (Å²) in [4.78, 5) is 32.9. The summed E-state index contributed by atoms with van der Waals surface area (Å²) in [5.74, 6) is -2.03. The van der Waals surface area contributed by atoms with Crippen LogP contribution in [0.1, 0.15) is 15.4 Å². The van der Waals surface area contributed by atoms with E-state index in [2.05, 4.69) is 15.3 Å². The zero-order valence-corrected chi connectivity index (χ0v) is 15.6. The van der Waals surface area contributed by atoms with E-state index in [1.807, 2.05) is 6.07 Å². The number of aryl methyl sites for hydroxylation is 1. The van der Waals surface area contributed by atoms with Crippen molar-refractivity contribution in [2.75, 3.05) is 11.9 Å². The van der Waals surface area contributed by atoms with Crippen LogP contribution in [0.3, 0.4) is 0 Å². The van der Waals surface area contributed by atoms with Gasteiger partial charge in [-0.05, 0) is 37.3 Å². The van der Waals surface area contributed by atoms with Gasteiger partial charge < -0.3 is 10.1 Å². The van der Waals surface area contributed by atoms with Crippen molar-refractivity contribution in [3.63, 3.8) is 0 Å². The van der Waals surface area contributed by atoms with Gasteiger partial charge in [-0.25, -0.2) is 14.2 Å². The van der Waals surface area contributed by atoms with Crippen LogP contribution in [0, 0.1) is 12.7 Å². The first-order valence-electron chi connectivity index (χ1n) is 7.75. The van der Waals surface area contributed by atoms with Gasteiger partial charge in [0.25, 0.3) is 5.91 Å². The molecule has 2 heterocycles. The summed E-state index contributed by atoms with van der Waals surface area (Å²) in [6.07, 6.45) is 1.63. The molecule has 0 aliphatic rings. The van der Waals surface area contributed by atoms with E-state index in [1.165, 1.54) is 12.1 Å². The summed E-state index contributed by atoms with van der Waals surface area (Å²) in [6, 6.07) is 9.21. The number of carbonyl (C=O) groups is 2. The number of nitrogens with zero attached hydrogens (tertiary/aromatic N) is 2. The van der Waals surface area contributed by atoms with Crippen molar-refractivity contribution in [1.29, 1.82) is 0 Å². The van der Waals surface area contributed by atoms with Gasteiger partial charge in [-0.2, -0.15) is 0 Å². The molecule has 0 aliphatic heterocycles. The molecule has 0 radical (unpaired) electrons. The Kier molecular flexibility index (Phi) is 5.78. The zero-order chi connectivity index (χ0) is 19.4. The van der Waals surface area contributed by atoms with E-state index in [1.54, 1.807) is 25.3 Å². The quantitative estimate of drug-likeness (QED) is 0.646. The third-order valence-electron chi connectivity index (χ3n) is 3.41. The van der Waals surface area contributed by atoms with Crippen molar-refractivity contribution in [3.05, 3.63) is 64.0 Å². The molecule has 6 nitrogen and oxygen atoms in total. The van der Waals surface area contributed by atoms with Crippen molar-refractivity contribution in [1.82, 2.24) is 9.97 Å². The molecule has 0 bridgehead atoms. The van der Waals surface area contributed by atoms with E-state index in [-0.39, 0.29) is 15.6 Å². The van der Waals surface area contributed by atoms with Gasteiger partial charge in [-0.3, -0.25) is 9.78 Å². The molecule has 2 aromatic heterocycles. The smallest absolute Gasteiger partial charge is 0.350 e. The zero-order valence-electron chi connectivity index (χ0n) is 14.0. The van der Waals surface area contributed by atoms with Crippen LogP contribution in [0.15, 0.2) is 42.6 Å². The average molecular weight is 406 g/mol. The van der Waals surface area contributed by atoms with Crippen LogP contribution < -0.4 is 5.32 Å². The fraction of sp³-hybridized carbons (Fsp3) is 0.111. The molecule has 1 aromatic carbocycles. The standard InChI is InChI=1S/C18H13ClFN3O3S/c1-10-16(27-17(22-10)14-4-2-3-7-21-14)18(25)26-9-15(24)23-13-6-5-11(19)8-12(13)20/h2-8H,9H2,1H3,(H,23,24). The first-order chi connectivity index (χ1) is 12.9. The number of ether oxygens (including phenoxy) is 1. The number of halogens is 2. The Morgan fingerprint density at radius 2 is 2.11 bits per heavy atom. The molecule has 0 fully saturated rings. The predicted molar refractivity (Wildman–Crippen MR) is 100 cm³/mol. The maximum atomic E-state index is 13.7. The summed E-state index contributed by atoms with van der Waals surface area (Å²) in [5.41, 5.74) is 1.07. The highest BCUT2D eigenvalue weighted by atomic mass is 35.5. The lowest BCUT2D eigenvalue weighted by molar-refractivity contribution is -0.119. The molecule has 0 saturated carbocycles. The topological polar surface area (TPSA) is 81.2 Å². The second kappa shape index (κ2) is 8.24. The second-order valence-electron chi connectivity index (χ2n) is 5.40. The molecule has 0 atom stereocenters. The van der Waals surface area contributed by atoms with E-state index in [0.29, 0.717) is 16.4 Å². The Morgan fingerprint density at radius 1 is 1.30 bits per heavy atom. The Bertz CT molecular complexity index is 995. The monoisotopic (exact) mass is 405 g/mol. The van der Waals surface area contributed by atoms with Gasteiger partial charge in [0.1, 0.15) is 15.7 Å². The maximum Gasteiger partial charge on any atom is 0.350 e. The van der Waals surface area contributed by atoms with Crippen LogP contribution in [0.2, 0.25) is 5.02 Å². The van der Waals surface area contributed by atoms with Crippen molar-refractivity contribution < 1.29 is 18.7 Å². The summed E-state index contributed by atoms with van der Waals surface area (Å²) in [5, 5.41) is 3.10. The molecule has 1 amide bonds. The number of esters is 1. The van der Waals surface area contributed by atoms with Crippen LogP contribution in [0.5, 0.6) is 0 Å². The average Bonchev–Trinajstić information content (AvgIpc) is 3.05. The lowest BCUT2D eigenvalue weighted by Gasteiger charge is -2.07. The lowest BCUT2D eigenvalue weighted by Crippen LogP contribution is -2.21. The molecule has 0 saturated heterocycles. The fourth-order valence-corrected chi connectivity index (χ4v) is 3.25. The Hall–Kier alpha value is -2.84. The van der Waals surface area contributed by atoms with Crippen molar-refractivity contribution in [2.45, 2.75) is 6.92 Å². The first kappa shape index (κ1) is 18.9. The highest BCUT2D eigenvalue weighted by molar-refractivity contribution is 7.17. The van der Waals surface area contributed by atoms with Gasteiger partial charge in [0.15, 0.2) is 6.61 Å². The van der Waals surface area contributed by atoms with E-state index in [9.17, 15) is 14.0 Å². The number of nitrogens with one attached hydrogen (secondary N) is 1. The number of anilines is 1. The Morgan fingerprint density at radius 3 is 2.81 bits per heavy atom. The van der Waals surface area contributed by atoms with Gasteiger partial charge >= 0.3 is 5.97 Å². The number of hydrogen-bond acceptors (Lipinski definition) is 6. The normalized spacial score (nSPS) is 10.5. The number of amides is 1. The third kappa shape index (κ3) is 4.66. The summed E-state index contributed by atoms with van der Waals surface area (Å²) in [6.45, 7) is 1.11. The highest BCUT2D eigenvalue weighted by Crippen LogP contribution is 2.27. The number of benzene rings is 1. The van der Waals surface area contributed by atoms with E-state index >= 15 is 0 Å². The van der Waals surface area contributed by atoms with Gasteiger partial charge in [-0.1, -0.05) is 17.7 Å². The van der Waals surface area contributed by atoms with Crippen LogP contribution >= 0.6 is 22.9 Å². The molecule has 138 valence electrons. The van der Waals surface area contributed by atoms with Crippen molar-refractivity contribution >= 4 is 40.5 Å². The summed E-state index contributed by atoms with van der Waals surface area (Å²) < 4.78 is 18.7. The Balaban J connectivity index is 1.62. The molecular formula is C18H13ClFN3O3S. The minimum Gasteiger partial charge on any atom is -0.451 e. The van der Waals surface area contributed by atoms with Crippen LogP contribution in [0.4, 0.5) is 10.1 Å². The predicted octanol–water partition coefficient (Wildman–Crippen LogP) is 4.10. The first-order valence-corrected chi connectivity index (χ1v) is 8.94. The van der Waals surface area contributed by atoms with Crippen LogP contribution in [0.25, 0.3) is 10.7 Å². The molecule has 0 spiro atoms. The summed E-state index contributed by atoms with van der Waals surface area (Å²) >= 11 is 6.78. The number of rotatable bonds is 5. The molecule has 1 N–H and O–H groups in total. The van der Waals surface area contributed by atoms with Crippen LogP contribution in [-0.2, 0) is 9.53 Å². The Labute approximate surface area is 163 Å². The van der Waals surface area contributed by atoms with E-state index in [4.69, 9.17) is 16.3 Å². The number of pyridine rings is 1. The lowest BCUT2D eigenvalue weighted by atomic mass is 10.3. The van der Waals surface area contributed by atoms with Crippen molar-refractivity contribution in [2.24, 2.45) is 0 Å². The minimum atomic E-state index is -0.682. The third-order valence-corrected chi connectivity index (χ3v) is 4.80. The fourth-order valence-electron chi connectivity index (χ4n) is 2.16. The molecule has 0 unspecified atom stereocenters. The van der Waals surface area contributed by atoms with Crippen LogP contribution in [-0.4, -0.2) is 28.5 Å². The molecule has 0 aliphatic carbocycles. The number of hydrogen-bond donors (Lipinski definition) is 1. The molecule has 3 aromatic rings. The number of aromatic nitrogens is 2. The van der Waals surface area contributed by atoms with Crippen molar-refractivity contribution in [3.8, 4) is 10.7 Å². The van der Waals surface area contributed by atoms with E-state index < -0.39 is 24.3 Å². The van der Waals surface area contributed by atoms with Gasteiger partial charge in [-0.15, -0.1) is 11.3 Å². The van der Waals surface area contributed by atoms with Gasteiger partial charge in [0.05, 0.1) is 17.1 Å². The highest BCUT2D eigenvalue weighted by Gasteiger charge is 2.19. The molecule has 27 heavy (non-hydrogen) atoms. The van der Waals surface area contributed by atoms with E-state index in [0.717, 1.165) is 17.4 Å². The molecule has 9 heteroatoms. The SMILES string of the molecule is Cc1nc(-c2ccccn2)sc1C(=O)OCC(=O)Nc1ccc(Cl)cc1F. The molecular weight excluding hydrogens is 393 g/mol. The van der Waals surface area contributed by atoms with Gasteiger partial charge in [0.2, 0.25) is 0 Å². The molecule has 3 rings (SSSR count). The van der Waals surface area contributed by atoms with Gasteiger partial charge in [0, 0.05) is 11.2 Å². The second-order valence-corrected chi connectivity index (χ2v) is 6.83. The minimum absolute atomic E-state index is 0.0492.